The predicted molar refractivity (Wildman–Crippen MR) is 86.2 cm³/mol. The van der Waals surface area contributed by atoms with Gasteiger partial charge in [-0.15, -0.1) is 0 Å². The first-order valence-electron chi connectivity index (χ1n) is 7.90. The Bertz CT molecular complexity index is 473. The zero-order chi connectivity index (χ0) is 15.8. The molecule has 1 heterocycles. The lowest BCUT2D eigenvalue weighted by atomic mass is 10.2. The molecule has 1 amide bonds. The van der Waals surface area contributed by atoms with Crippen LogP contribution in [0.3, 0.4) is 0 Å². The van der Waals surface area contributed by atoms with Gasteiger partial charge in [-0.1, -0.05) is 18.2 Å². The molecule has 0 spiro atoms. The summed E-state index contributed by atoms with van der Waals surface area (Å²) in [4.78, 5) is 13.8. The van der Waals surface area contributed by atoms with Crippen molar-refractivity contribution in [3.63, 3.8) is 0 Å². The first-order valence-corrected chi connectivity index (χ1v) is 7.90. The minimum atomic E-state index is 0.0360. The summed E-state index contributed by atoms with van der Waals surface area (Å²) in [6.45, 7) is 5.12. The minimum Gasteiger partial charge on any atom is -0.492 e. The molecule has 0 saturated carbocycles. The van der Waals surface area contributed by atoms with Crippen LogP contribution in [0, 0.1) is 6.92 Å². The molecule has 0 bridgehead atoms. The summed E-state index contributed by atoms with van der Waals surface area (Å²) in [5.74, 6) is 0.938. The lowest BCUT2D eigenvalue weighted by Gasteiger charge is -2.18. The lowest BCUT2D eigenvalue weighted by Crippen LogP contribution is -2.39. The van der Waals surface area contributed by atoms with Crippen molar-refractivity contribution in [2.45, 2.75) is 25.9 Å². The van der Waals surface area contributed by atoms with Crippen LogP contribution in [0.15, 0.2) is 24.3 Å². The quantitative estimate of drug-likeness (QED) is 0.792. The molecule has 1 N–H and O–H groups in total. The Morgan fingerprint density at radius 1 is 1.45 bits per heavy atom. The molecule has 5 nitrogen and oxygen atoms in total. The van der Waals surface area contributed by atoms with Crippen molar-refractivity contribution in [2.24, 2.45) is 0 Å². The average molecular weight is 306 g/mol. The first kappa shape index (κ1) is 16.8. The summed E-state index contributed by atoms with van der Waals surface area (Å²) in [6, 6.07) is 7.94. The maximum absolute atomic E-state index is 11.8. The van der Waals surface area contributed by atoms with E-state index in [1.54, 1.807) is 0 Å². The van der Waals surface area contributed by atoms with Gasteiger partial charge in [-0.3, -0.25) is 9.69 Å². The third kappa shape index (κ3) is 5.66. The highest BCUT2D eigenvalue weighted by Crippen LogP contribution is 2.15. The number of nitrogens with zero attached hydrogens (tertiary/aromatic N) is 1. The van der Waals surface area contributed by atoms with Gasteiger partial charge in [0.2, 0.25) is 5.91 Å². The number of amides is 1. The van der Waals surface area contributed by atoms with Gasteiger partial charge in [-0.05, 0) is 38.4 Å². The molecule has 1 aliphatic rings. The second kappa shape index (κ2) is 8.76. The summed E-state index contributed by atoms with van der Waals surface area (Å²) in [7, 11) is 1.92. The molecular weight excluding hydrogens is 280 g/mol. The van der Waals surface area contributed by atoms with Crippen molar-refractivity contribution in [3.05, 3.63) is 29.8 Å². The fourth-order valence-corrected chi connectivity index (χ4v) is 2.44. The lowest BCUT2D eigenvalue weighted by molar-refractivity contribution is -0.122. The summed E-state index contributed by atoms with van der Waals surface area (Å²) < 4.78 is 11.2. The summed E-state index contributed by atoms with van der Waals surface area (Å²) in [5.41, 5.74) is 1.12. The highest BCUT2D eigenvalue weighted by molar-refractivity contribution is 5.77. The molecule has 1 saturated heterocycles. The van der Waals surface area contributed by atoms with E-state index in [2.05, 4.69) is 5.32 Å². The van der Waals surface area contributed by atoms with Gasteiger partial charge >= 0.3 is 0 Å². The second-order valence-corrected chi connectivity index (χ2v) is 5.79. The first-order chi connectivity index (χ1) is 10.6. The number of rotatable bonds is 8. The molecule has 1 aliphatic heterocycles. The smallest absolute Gasteiger partial charge is 0.234 e. The second-order valence-electron chi connectivity index (χ2n) is 5.79. The minimum absolute atomic E-state index is 0.0360. The summed E-state index contributed by atoms with van der Waals surface area (Å²) in [5, 5.41) is 2.93. The third-order valence-electron chi connectivity index (χ3n) is 3.79. The van der Waals surface area contributed by atoms with Gasteiger partial charge < -0.3 is 14.8 Å². The number of carbonyl (C=O) groups is 1. The molecule has 0 radical (unpaired) electrons. The zero-order valence-electron chi connectivity index (χ0n) is 13.5. The fraction of sp³-hybridized carbons (Fsp3) is 0.588. The molecule has 5 heteroatoms. The van der Waals surface area contributed by atoms with Crippen molar-refractivity contribution in [2.75, 3.05) is 39.9 Å². The van der Waals surface area contributed by atoms with E-state index in [1.807, 2.05) is 43.1 Å². The average Bonchev–Trinajstić information content (AvgIpc) is 3.00. The number of nitrogens with one attached hydrogen (secondary N) is 1. The molecule has 1 atom stereocenters. The van der Waals surface area contributed by atoms with E-state index in [9.17, 15) is 4.79 Å². The molecule has 1 aromatic rings. The number of likely N-dealkylation sites (N-methyl/N-ethyl adjacent to an activating group) is 1. The van der Waals surface area contributed by atoms with Crippen LogP contribution in [0.4, 0.5) is 0 Å². The topological polar surface area (TPSA) is 50.8 Å². The Hall–Kier alpha value is -1.59. The molecule has 22 heavy (non-hydrogen) atoms. The third-order valence-corrected chi connectivity index (χ3v) is 3.79. The van der Waals surface area contributed by atoms with Gasteiger partial charge in [-0.2, -0.15) is 0 Å². The van der Waals surface area contributed by atoms with Crippen molar-refractivity contribution in [3.8, 4) is 5.75 Å². The van der Waals surface area contributed by atoms with Crippen LogP contribution >= 0.6 is 0 Å². The van der Waals surface area contributed by atoms with Gasteiger partial charge in [0.05, 0.1) is 12.6 Å². The standard InChI is InChI=1S/C17H26N2O3/c1-14-6-3-4-8-16(14)22-11-9-19(2)13-17(20)18-12-15-7-5-10-21-15/h3-4,6,8,15H,5,7,9-13H2,1-2H3,(H,18,20). The van der Waals surface area contributed by atoms with E-state index in [4.69, 9.17) is 9.47 Å². The fourth-order valence-electron chi connectivity index (χ4n) is 2.44. The maximum atomic E-state index is 11.8. The van der Waals surface area contributed by atoms with Gasteiger partial charge in [0.15, 0.2) is 0 Å². The van der Waals surface area contributed by atoms with Crippen molar-refractivity contribution >= 4 is 5.91 Å². The van der Waals surface area contributed by atoms with E-state index in [0.29, 0.717) is 26.2 Å². The van der Waals surface area contributed by atoms with Crippen LogP contribution in [0.5, 0.6) is 5.75 Å². The van der Waals surface area contributed by atoms with Crippen molar-refractivity contribution in [1.82, 2.24) is 10.2 Å². The van der Waals surface area contributed by atoms with E-state index in [1.165, 1.54) is 0 Å². The number of hydrogen-bond donors (Lipinski definition) is 1. The number of ether oxygens (including phenoxy) is 2. The van der Waals surface area contributed by atoms with Crippen molar-refractivity contribution in [1.29, 1.82) is 0 Å². The SMILES string of the molecule is Cc1ccccc1OCCN(C)CC(=O)NCC1CCCO1. The van der Waals surface area contributed by atoms with Gasteiger partial charge in [0.25, 0.3) is 0 Å². The van der Waals surface area contributed by atoms with Gasteiger partial charge in [0.1, 0.15) is 12.4 Å². The van der Waals surface area contributed by atoms with Crippen LogP contribution < -0.4 is 10.1 Å². The van der Waals surface area contributed by atoms with E-state index < -0.39 is 0 Å². The highest BCUT2D eigenvalue weighted by atomic mass is 16.5. The molecule has 122 valence electrons. The Kier molecular flexibility index (Phi) is 6.68. The Morgan fingerprint density at radius 2 is 2.27 bits per heavy atom. The van der Waals surface area contributed by atoms with Crippen LogP contribution in [0.25, 0.3) is 0 Å². The highest BCUT2D eigenvalue weighted by Gasteiger charge is 2.16. The van der Waals surface area contributed by atoms with Crippen LogP contribution in [0.2, 0.25) is 0 Å². The Morgan fingerprint density at radius 3 is 3.00 bits per heavy atom. The molecule has 1 unspecified atom stereocenters. The largest absolute Gasteiger partial charge is 0.492 e. The molecule has 0 aliphatic carbocycles. The number of hydrogen-bond acceptors (Lipinski definition) is 4. The van der Waals surface area contributed by atoms with Crippen molar-refractivity contribution < 1.29 is 14.3 Å². The number of benzene rings is 1. The summed E-state index contributed by atoms with van der Waals surface area (Å²) >= 11 is 0. The Balaban J connectivity index is 1.59. The van der Waals surface area contributed by atoms with E-state index in [0.717, 1.165) is 30.8 Å². The zero-order valence-corrected chi connectivity index (χ0v) is 13.5. The van der Waals surface area contributed by atoms with E-state index >= 15 is 0 Å². The molecule has 1 fully saturated rings. The molecule has 1 aromatic carbocycles. The molecular formula is C17H26N2O3. The normalized spacial score (nSPS) is 17.7. The monoisotopic (exact) mass is 306 g/mol. The number of carbonyl (C=O) groups excluding carboxylic acids is 1. The molecule has 2 rings (SSSR count). The van der Waals surface area contributed by atoms with Gasteiger partial charge in [-0.25, -0.2) is 0 Å². The summed E-state index contributed by atoms with van der Waals surface area (Å²) in [6.07, 6.45) is 2.33. The molecule has 0 aromatic heterocycles. The number of para-hydroxylation sites is 1. The maximum Gasteiger partial charge on any atom is 0.234 e. The Labute approximate surface area is 132 Å². The van der Waals surface area contributed by atoms with Crippen LogP contribution in [-0.2, 0) is 9.53 Å². The van der Waals surface area contributed by atoms with E-state index in [-0.39, 0.29) is 12.0 Å². The van der Waals surface area contributed by atoms with Crippen LogP contribution in [-0.4, -0.2) is 56.8 Å². The predicted octanol–water partition coefficient (Wildman–Crippen LogP) is 1.60. The van der Waals surface area contributed by atoms with Gasteiger partial charge in [0, 0.05) is 19.7 Å². The number of aryl methyl sites for hydroxylation is 1. The van der Waals surface area contributed by atoms with Crippen LogP contribution in [0.1, 0.15) is 18.4 Å².